The second-order valence-corrected chi connectivity index (χ2v) is 7.63. The summed E-state index contributed by atoms with van der Waals surface area (Å²) in [6.45, 7) is 3.49. The first-order valence-electron chi connectivity index (χ1n) is 8.51. The number of hydrogen-bond acceptors (Lipinski definition) is 5. The fourth-order valence-electron chi connectivity index (χ4n) is 2.83. The van der Waals surface area contributed by atoms with Crippen LogP contribution in [0.15, 0.2) is 47.4 Å². The highest BCUT2D eigenvalue weighted by Gasteiger charge is 2.29. The Balaban J connectivity index is 1.49. The molecule has 1 aliphatic heterocycles. The van der Waals surface area contributed by atoms with Crippen molar-refractivity contribution in [3.8, 4) is 0 Å². The summed E-state index contributed by atoms with van der Waals surface area (Å²) in [5, 5.41) is 4.91. The third-order valence-electron chi connectivity index (χ3n) is 3.93. The highest BCUT2D eigenvalue weighted by Crippen LogP contribution is 2.36. The molecule has 0 fully saturated rings. The summed E-state index contributed by atoms with van der Waals surface area (Å²) in [6.07, 6.45) is -0.0956. The van der Waals surface area contributed by atoms with Gasteiger partial charge in [-0.25, -0.2) is 0 Å². The zero-order chi connectivity index (χ0) is 19.4. The molecule has 2 N–H and O–H groups in total. The van der Waals surface area contributed by atoms with Crippen molar-refractivity contribution in [2.45, 2.75) is 30.4 Å². The number of anilines is 2. The van der Waals surface area contributed by atoms with Gasteiger partial charge in [-0.2, -0.15) is 0 Å². The Morgan fingerprint density at radius 1 is 1.15 bits per heavy atom. The SMILES string of the molecule is Cc1cc(C)cc(NC(=O)COC(=O)CC2Sc3ccccc3NC2=O)c1. The van der Waals surface area contributed by atoms with Crippen LogP contribution in [0.5, 0.6) is 0 Å². The van der Waals surface area contributed by atoms with Crippen molar-refractivity contribution in [1.29, 1.82) is 0 Å². The summed E-state index contributed by atoms with van der Waals surface area (Å²) in [4.78, 5) is 37.0. The van der Waals surface area contributed by atoms with E-state index >= 15 is 0 Å². The van der Waals surface area contributed by atoms with Crippen LogP contribution in [-0.2, 0) is 19.1 Å². The maximum Gasteiger partial charge on any atom is 0.307 e. The summed E-state index contributed by atoms with van der Waals surface area (Å²) < 4.78 is 5.03. The summed E-state index contributed by atoms with van der Waals surface area (Å²) in [5.41, 5.74) is 3.46. The number of aryl methyl sites for hydroxylation is 2. The number of hydrogen-bond donors (Lipinski definition) is 2. The number of thioether (sulfide) groups is 1. The Bertz CT molecular complexity index is 877. The molecule has 0 bridgehead atoms. The standard InChI is InChI=1S/C20H20N2O4S/c1-12-7-13(2)9-14(8-12)21-18(23)11-26-19(24)10-17-20(25)22-15-5-3-4-6-16(15)27-17/h3-9,17H,10-11H2,1-2H3,(H,21,23)(H,22,25). The van der Waals surface area contributed by atoms with Gasteiger partial charge in [-0.3, -0.25) is 14.4 Å². The molecule has 2 aromatic rings. The topological polar surface area (TPSA) is 84.5 Å². The van der Waals surface area contributed by atoms with E-state index in [1.807, 2.05) is 56.3 Å². The lowest BCUT2D eigenvalue weighted by Gasteiger charge is -2.23. The van der Waals surface area contributed by atoms with E-state index in [1.54, 1.807) is 0 Å². The molecular formula is C20H20N2O4S. The van der Waals surface area contributed by atoms with Crippen molar-refractivity contribution in [3.63, 3.8) is 0 Å². The van der Waals surface area contributed by atoms with Gasteiger partial charge in [0.25, 0.3) is 5.91 Å². The van der Waals surface area contributed by atoms with Gasteiger partial charge in [0.15, 0.2) is 6.61 Å². The molecule has 0 spiro atoms. The molecule has 0 aromatic heterocycles. The van der Waals surface area contributed by atoms with Crippen LogP contribution in [0.25, 0.3) is 0 Å². The zero-order valence-corrected chi connectivity index (χ0v) is 15.9. The molecular weight excluding hydrogens is 364 g/mol. The second kappa shape index (κ2) is 8.26. The second-order valence-electron chi connectivity index (χ2n) is 6.38. The van der Waals surface area contributed by atoms with E-state index < -0.39 is 17.1 Å². The van der Waals surface area contributed by atoms with Gasteiger partial charge in [0, 0.05) is 10.6 Å². The van der Waals surface area contributed by atoms with Crippen LogP contribution in [0.1, 0.15) is 17.5 Å². The first kappa shape index (κ1) is 19.0. The van der Waals surface area contributed by atoms with Crippen molar-refractivity contribution >= 4 is 40.9 Å². The third-order valence-corrected chi connectivity index (χ3v) is 5.20. The van der Waals surface area contributed by atoms with Gasteiger partial charge in [0.1, 0.15) is 0 Å². The van der Waals surface area contributed by atoms with Crippen molar-refractivity contribution in [1.82, 2.24) is 0 Å². The molecule has 0 aliphatic carbocycles. The molecule has 0 saturated carbocycles. The third kappa shape index (κ3) is 5.10. The van der Waals surface area contributed by atoms with Crippen molar-refractivity contribution in [2.24, 2.45) is 0 Å². The largest absolute Gasteiger partial charge is 0.456 e. The van der Waals surface area contributed by atoms with E-state index in [1.165, 1.54) is 11.8 Å². The molecule has 3 rings (SSSR count). The van der Waals surface area contributed by atoms with Gasteiger partial charge in [0.2, 0.25) is 5.91 Å². The average molecular weight is 384 g/mol. The maximum atomic E-state index is 12.1. The summed E-state index contributed by atoms with van der Waals surface area (Å²) in [5.74, 6) is -1.24. The lowest BCUT2D eigenvalue weighted by atomic mass is 10.1. The van der Waals surface area contributed by atoms with Gasteiger partial charge in [-0.05, 0) is 49.2 Å². The number of rotatable bonds is 5. The molecule has 0 radical (unpaired) electrons. The van der Waals surface area contributed by atoms with Crippen LogP contribution in [0, 0.1) is 13.8 Å². The predicted molar refractivity (Wildman–Crippen MR) is 105 cm³/mol. The lowest BCUT2D eigenvalue weighted by Crippen LogP contribution is -2.32. The van der Waals surface area contributed by atoms with E-state index in [9.17, 15) is 14.4 Å². The Labute approximate surface area is 161 Å². The first-order valence-corrected chi connectivity index (χ1v) is 9.39. The van der Waals surface area contributed by atoms with Gasteiger partial charge in [-0.1, -0.05) is 18.2 Å². The number of amides is 2. The Kier molecular flexibility index (Phi) is 5.81. The number of carbonyl (C=O) groups excluding carboxylic acids is 3. The van der Waals surface area contributed by atoms with Gasteiger partial charge < -0.3 is 15.4 Å². The lowest BCUT2D eigenvalue weighted by molar-refractivity contribution is -0.147. The van der Waals surface area contributed by atoms with E-state index in [0.29, 0.717) is 5.69 Å². The summed E-state index contributed by atoms with van der Waals surface area (Å²) in [6, 6.07) is 13.1. The maximum absolute atomic E-state index is 12.1. The summed E-state index contributed by atoms with van der Waals surface area (Å²) >= 11 is 1.32. The number of para-hydroxylation sites is 1. The quantitative estimate of drug-likeness (QED) is 0.773. The number of nitrogens with one attached hydrogen (secondary N) is 2. The van der Waals surface area contributed by atoms with E-state index in [4.69, 9.17) is 4.74 Å². The molecule has 27 heavy (non-hydrogen) atoms. The smallest absolute Gasteiger partial charge is 0.307 e. The number of benzene rings is 2. The van der Waals surface area contributed by atoms with Crippen LogP contribution in [0.2, 0.25) is 0 Å². The molecule has 1 heterocycles. The molecule has 1 aliphatic rings. The Morgan fingerprint density at radius 3 is 2.59 bits per heavy atom. The van der Waals surface area contributed by atoms with Crippen LogP contribution in [0.4, 0.5) is 11.4 Å². The minimum atomic E-state index is -0.586. The van der Waals surface area contributed by atoms with Crippen molar-refractivity contribution in [3.05, 3.63) is 53.6 Å². The van der Waals surface area contributed by atoms with Crippen molar-refractivity contribution in [2.75, 3.05) is 17.2 Å². The van der Waals surface area contributed by atoms with Crippen molar-refractivity contribution < 1.29 is 19.1 Å². The molecule has 6 nitrogen and oxygen atoms in total. The summed E-state index contributed by atoms with van der Waals surface area (Å²) in [7, 11) is 0. The van der Waals surface area contributed by atoms with Crippen LogP contribution in [0.3, 0.4) is 0 Å². The number of esters is 1. The zero-order valence-electron chi connectivity index (χ0n) is 15.1. The monoisotopic (exact) mass is 384 g/mol. The molecule has 2 aromatic carbocycles. The minimum Gasteiger partial charge on any atom is -0.456 e. The molecule has 0 saturated heterocycles. The molecule has 1 atom stereocenters. The molecule has 1 unspecified atom stereocenters. The number of fused-ring (bicyclic) bond motifs is 1. The van der Waals surface area contributed by atoms with Gasteiger partial charge in [0.05, 0.1) is 17.4 Å². The average Bonchev–Trinajstić information content (AvgIpc) is 2.60. The van der Waals surface area contributed by atoms with E-state index in [2.05, 4.69) is 10.6 Å². The number of carbonyl (C=O) groups is 3. The van der Waals surface area contributed by atoms with E-state index in [-0.39, 0.29) is 18.9 Å². The molecule has 7 heteroatoms. The van der Waals surface area contributed by atoms with Crippen LogP contribution >= 0.6 is 11.8 Å². The Hall–Kier alpha value is -2.80. The predicted octanol–water partition coefficient (Wildman–Crippen LogP) is 3.29. The van der Waals surface area contributed by atoms with Crippen LogP contribution < -0.4 is 10.6 Å². The van der Waals surface area contributed by atoms with Crippen LogP contribution in [-0.4, -0.2) is 29.6 Å². The van der Waals surface area contributed by atoms with E-state index in [0.717, 1.165) is 21.7 Å². The fourth-order valence-corrected chi connectivity index (χ4v) is 3.92. The normalized spacial score (nSPS) is 15.5. The first-order chi connectivity index (χ1) is 12.9. The fraction of sp³-hybridized carbons (Fsp3) is 0.250. The highest BCUT2D eigenvalue weighted by atomic mass is 32.2. The highest BCUT2D eigenvalue weighted by molar-refractivity contribution is 8.01. The number of ether oxygens (including phenoxy) is 1. The Morgan fingerprint density at radius 2 is 1.85 bits per heavy atom. The molecule has 2 amide bonds. The molecule has 140 valence electrons. The van der Waals surface area contributed by atoms with Gasteiger partial charge >= 0.3 is 5.97 Å². The van der Waals surface area contributed by atoms with Gasteiger partial charge in [-0.15, -0.1) is 11.8 Å². The minimum absolute atomic E-state index is 0.0956.